The van der Waals surface area contributed by atoms with E-state index in [4.69, 9.17) is 4.42 Å². The van der Waals surface area contributed by atoms with Crippen LogP contribution in [0.1, 0.15) is 0 Å². The van der Waals surface area contributed by atoms with Crippen molar-refractivity contribution in [2.24, 2.45) is 0 Å². The molecule has 10 aromatic rings. The number of hydrogen-bond acceptors (Lipinski definition) is 3. The number of fused-ring (bicyclic) bond motifs is 10. The van der Waals surface area contributed by atoms with Crippen LogP contribution in [0, 0.1) is 0 Å². The average Bonchev–Trinajstić information content (AvgIpc) is 3.72. The fourth-order valence-corrected chi connectivity index (χ4v) is 8.57. The maximum atomic E-state index is 6.66. The summed E-state index contributed by atoms with van der Waals surface area (Å²) in [5.74, 6) is 0. The highest BCUT2D eigenvalue weighted by molar-refractivity contribution is 7.27. The summed E-state index contributed by atoms with van der Waals surface area (Å²) in [4.78, 5) is 2.39. The van der Waals surface area contributed by atoms with Crippen LogP contribution in [0.2, 0.25) is 0 Å². The highest BCUT2D eigenvalue weighted by Crippen LogP contribution is 2.49. The van der Waals surface area contributed by atoms with Crippen LogP contribution in [0.4, 0.5) is 17.1 Å². The Morgan fingerprint density at radius 2 is 1.13 bits per heavy atom. The molecule has 47 heavy (non-hydrogen) atoms. The minimum atomic E-state index is 0.882. The van der Waals surface area contributed by atoms with E-state index in [1.54, 1.807) is 0 Å². The van der Waals surface area contributed by atoms with Crippen molar-refractivity contribution >= 4 is 92.1 Å². The second-order valence-electron chi connectivity index (χ2n) is 12.1. The van der Waals surface area contributed by atoms with E-state index in [1.165, 1.54) is 52.8 Å². The van der Waals surface area contributed by atoms with Gasteiger partial charge in [0.1, 0.15) is 5.58 Å². The first kappa shape index (κ1) is 26.3. The normalized spacial score (nSPS) is 11.8. The molecule has 8 aromatic carbocycles. The van der Waals surface area contributed by atoms with Crippen molar-refractivity contribution in [3.63, 3.8) is 0 Å². The monoisotopic (exact) mass is 617 g/mol. The topological polar surface area (TPSA) is 16.4 Å². The average molecular weight is 618 g/mol. The van der Waals surface area contributed by atoms with Crippen molar-refractivity contribution in [2.45, 2.75) is 0 Å². The van der Waals surface area contributed by atoms with E-state index >= 15 is 0 Å². The lowest BCUT2D eigenvalue weighted by Crippen LogP contribution is -2.11. The summed E-state index contributed by atoms with van der Waals surface area (Å²) in [7, 11) is 0. The third-order valence-corrected chi connectivity index (χ3v) is 10.6. The van der Waals surface area contributed by atoms with Gasteiger partial charge in [-0.15, -0.1) is 11.3 Å². The molecule has 0 spiro atoms. The summed E-state index contributed by atoms with van der Waals surface area (Å²) in [5, 5.41) is 9.89. The molecule has 0 unspecified atom stereocenters. The molecule has 0 atom stereocenters. The van der Waals surface area contributed by atoms with Crippen molar-refractivity contribution in [3.8, 4) is 11.1 Å². The molecule has 3 heteroatoms. The van der Waals surface area contributed by atoms with E-state index in [9.17, 15) is 0 Å². The fraction of sp³-hybridized carbons (Fsp3) is 0. The van der Waals surface area contributed by atoms with E-state index in [0.29, 0.717) is 0 Å². The Balaban J connectivity index is 1.29. The van der Waals surface area contributed by atoms with Gasteiger partial charge in [-0.25, -0.2) is 0 Å². The van der Waals surface area contributed by atoms with Gasteiger partial charge in [0.15, 0.2) is 5.58 Å². The predicted molar refractivity (Wildman–Crippen MR) is 202 cm³/mol. The van der Waals surface area contributed by atoms with Crippen molar-refractivity contribution in [1.29, 1.82) is 0 Å². The van der Waals surface area contributed by atoms with Gasteiger partial charge in [0, 0.05) is 42.0 Å². The van der Waals surface area contributed by atoms with Crippen LogP contribution in [-0.2, 0) is 0 Å². The number of benzene rings is 8. The number of anilines is 3. The van der Waals surface area contributed by atoms with Crippen molar-refractivity contribution < 1.29 is 4.42 Å². The third kappa shape index (κ3) is 4.04. The summed E-state index contributed by atoms with van der Waals surface area (Å²) >= 11 is 1.89. The number of nitrogens with zero attached hydrogens (tertiary/aromatic N) is 1. The van der Waals surface area contributed by atoms with Gasteiger partial charge in [-0.1, -0.05) is 133 Å². The lowest BCUT2D eigenvalue weighted by atomic mass is 9.99. The maximum Gasteiger partial charge on any atom is 0.159 e. The summed E-state index contributed by atoms with van der Waals surface area (Å²) in [6.07, 6.45) is 0. The highest BCUT2D eigenvalue weighted by Gasteiger charge is 2.23. The van der Waals surface area contributed by atoms with E-state index in [0.717, 1.165) is 39.0 Å². The van der Waals surface area contributed by atoms with Crippen LogP contribution in [0.25, 0.3) is 74.8 Å². The minimum Gasteiger partial charge on any atom is -0.454 e. The molecular formula is C44H27NOS. The lowest BCUT2D eigenvalue weighted by molar-refractivity contribution is 0.669. The Morgan fingerprint density at radius 3 is 1.98 bits per heavy atom. The van der Waals surface area contributed by atoms with Crippen molar-refractivity contribution in [1.82, 2.24) is 0 Å². The van der Waals surface area contributed by atoms with E-state index in [2.05, 4.69) is 163 Å². The molecule has 0 aliphatic heterocycles. The number of para-hydroxylation sites is 2. The Morgan fingerprint density at radius 1 is 0.447 bits per heavy atom. The fourth-order valence-electron chi connectivity index (χ4n) is 7.28. The van der Waals surface area contributed by atoms with Crippen molar-refractivity contribution in [2.75, 3.05) is 4.90 Å². The van der Waals surface area contributed by atoms with Gasteiger partial charge in [0.25, 0.3) is 0 Å². The quantitative estimate of drug-likeness (QED) is 0.195. The molecule has 2 heterocycles. The van der Waals surface area contributed by atoms with Crippen LogP contribution in [0.15, 0.2) is 168 Å². The van der Waals surface area contributed by atoms with Gasteiger partial charge < -0.3 is 9.32 Å². The largest absolute Gasteiger partial charge is 0.454 e. The Labute approximate surface area is 275 Å². The molecule has 0 saturated carbocycles. The number of thiophene rings is 1. The highest BCUT2D eigenvalue weighted by atomic mass is 32.1. The molecule has 0 saturated heterocycles. The standard InChI is InChI=1S/C44H27NOS/c1-2-11-28(12-3-1)29-21-24-31(25-22-29)45(38-19-10-18-36-34-16-8-9-20-40(34)46-43(36)38)39-27-41-42(35-17-7-6-15-33(35)39)37-26-23-30-13-4-5-14-32(30)44(37)47-41/h1-27H. The molecule has 0 fully saturated rings. The molecule has 0 aliphatic carbocycles. The first-order valence-electron chi connectivity index (χ1n) is 15.9. The molecule has 0 aliphatic rings. The van der Waals surface area contributed by atoms with Gasteiger partial charge in [-0.05, 0) is 57.6 Å². The van der Waals surface area contributed by atoms with Gasteiger partial charge in [0.05, 0.1) is 11.4 Å². The first-order valence-corrected chi connectivity index (χ1v) is 16.7. The van der Waals surface area contributed by atoms with Crippen LogP contribution in [0.5, 0.6) is 0 Å². The Hall–Kier alpha value is -5.90. The second kappa shape index (κ2) is 10.3. The molecule has 0 radical (unpaired) electrons. The lowest BCUT2D eigenvalue weighted by Gasteiger charge is -2.27. The molecule has 220 valence electrons. The summed E-state index contributed by atoms with van der Waals surface area (Å²) in [6, 6.07) is 58.8. The van der Waals surface area contributed by atoms with Gasteiger partial charge in [-0.3, -0.25) is 0 Å². The number of rotatable bonds is 4. The van der Waals surface area contributed by atoms with Crippen LogP contribution in [-0.4, -0.2) is 0 Å². The van der Waals surface area contributed by atoms with Gasteiger partial charge >= 0.3 is 0 Å². The zero-order valence-corrected chi connectivity index (χ0v) is 26.2. The zero-order valence-electron chi connectivity index (χ0n) is 25.4. The molecule has 0 bridgehead atoms. The summed E-state index contributed by atoms with van der Waals surface area (Å²) < 4.78 is 9.26. The first-order chi connectivity index (χ1) is 23.3. The van der Waals surface area contributed by atoms with E-state index in [1.807, 2.05) is 17.4 Å². The zero-order chi connectivity index (χ0) is 30.9. The maximum absolute atomic E-state index is 6.66. The molecule has 10 rings (SSSR count). The Bertz CT molecular complexity index is 2790. The minimum absolute atomic E-state index is 0.882. The SMILES string of the molecule is c1ccc(-c2ccc(N(c3cc4sc5c6ccccc6ccc5c4c4ccccc34)c3cccc4c3oc3ccccc34)cc2)cc1. The van der Waals surface area contributed by atoms with Gasteiger partial charge in [0.2, 0.25) is 0 Å². The van der Waals surface area contributed by atoms with Crippen LogP contribution in [0.3, 0.4) is 0 Å². The number of hydrogen-bond donors (Lipinski definition) is 0. The summed E-state index contributed by atoms with van der Waals surface area (Å²) in [6.45, 7) is 0. The molecular weight excluding hydrogens is 591 g/mol. The number of furan rings is 1. The predicted octanol–water partition coefficient (Wildman–Crippen LogP) is 13.4. The molecule has 0 amide bonds. The molecule has 2 aromatic heterocycles. The molecule has 2 nitrogen and oxygen atoms in total. The van der Waals surface area contributed by atoms with Gasteiger partial charge in [-0.2, -0.15) is 0 Å². The van der Waals surface area contributed by atoms with Crippen molar-refractivity contribution in [3.05, 3.63) is 164 Å². The van der Waals surface area contributed by atoms with Crippen LogP contribution >= 0.6 is 11.3 Å². The van der Waals surface area contributed by atoms with Crippen LogP contribution < -0.4 is 4.90 Å². The second-order valence-corrected chi connectivity index (χ2v) is 13.1. The van der Waals surface area contributed by atoms with E-state index in [-0.39, 0.29) is 0 Å². The molecule has 0 N–H and O–H groups in total. The van der Waals surface area contributed by atoms with E-state index < -0.39 is 0 Å². The summed E-state index contributed by atoms with van der Waals surface area (Å²) in [5.41, 5.74) is 7.39. The Kier molecular flexibility index (Phi) is 5.78. The third-order valence-electron chi connectivity index (χ3n) is 9.45. The smallest absolute Gasteiger partial charge is 0.159 e.